The molecule has 0 bridgehead atoms. The van der Waals surface area contributed by atoms with E-state index in [1.165, 1.54) is 6.07 Å². The Morgan fingerprint density at radius 2 is 2.17 bits per heavy atom. The molecule has 2 aromatic rings. The van der Waals surface area contributed by atoms with Gasteiger partial charge >= 0.3 is 5.97 Å². The maximum atomic E-state index is 11.8. The molecule has 0 saturated carbocycles. The van der Waals surface area contributed by atoms with Crippen molar-refractivity contribution < 1.29 is 15.0 Å². The molecule has 18 heavy (non-hydrogen) atoms. The van der Waals surface area contributed by atoms with E-state index in [0.29, 0.717) is 16.5 Å². The molecule has 0 aliphatic rings. The minimum absolute atomic E-state index is 0.244. The van der Waals surface area contributed by atoms with Crippen molar-refractivity contribution in [2.75, 3.05) is 6.61 Å². The lowest BCUT2D eigenvalue weighted by Gasteiger charge is -2.00. The highest BCUT2D eigenvalue weighted by molar-refractivity contribution is 5.92. The molecule has 0 aliphatic heterocycles. The van der Waals surface area contributed by atoms with Crippen LogP contribution in [0.1, 0.15) is 15.9 Å². The van der Waals surface area contributed by atoms with Crippen LogP contribution in [0.15, 0.2) is 29.2 Å². The molecule has 5 nitrogen and oxygen atoms in total. The molecule has 1 aromatic carbocycles. The molecule has 0 fully saturated rings. The second-order valence-corrected chi connectivity index (χ2v) is 3.56. The maximum absolute atomic E-state index is 11.8. The summed E-state index contributed by atoms with van der Waals surface area (Å²) in [6.07, 6.45) is 1.16. The summed E-state index contributed by atoms with van der Waals surface area (Å²) >= 11 is 0. The second-order valence-electron chi connectivity index (χ2n) is 3.56. The van der Waals surface area contributed by atoms with Gasteiger partial charge in [-0.15, -0.1) is 0 Å². The van der Waals surface area contributed by atoms with Crippen molar-refractivity contribution in [1.82, 2.24) is 4.98 Å². The van der Waals surface area contributed by atoms with E-state index in [4.69, 9.17) is 10.2 Å². The van der Waals surface area contributed by atoms with E-state index in [-0.39, 0.29) is 12.2 Å². The highest BCUT2D eigenvalue weighted by Gasteiger charge is 2.11. The first-order chi connectivity index (χ1) is 8.63. The van der Waals surface area contributed by atoms with Crippen molar-refractivity contribution in [2.45, 2.75) is 0 Å². The molecule has 1 heterocycles. The molecule has 0 atom stereocenters. The molecule has 0 unspecified atom stereocenters. The molecule has 0 radical (unpaired) electrons. The van der Waals surface area contributed by atoms with E-state index in [9.17, 15) is 9.59 Å². The molecule has 90 valence electrons. The number of carboxylic acids is 1. The normalized spacial score (nSPS) is 9.83. The van der Waals surface area contributed by atoms with Crippen molar-refractivity contribution in [1.29, 1.82) is 0 Å². The van der Waals surface area contributed by atoms with Crippen molar-refractivity contribution in [2.24, 2.45) is 0 Å². The molecule has 5 heteroatoms. The van der Waals surface area contributed by atoms with Crippen molar-refractivity contribution >= 4 is 16.9 Å². The number of rotatable bonds is 1. The van der Waals surface area contributed by atoms with E-state index < -0.39 is 11.4 Å². The number of nitrogens with one attached hydrogen (secondary N) is 1. The topological polar surface area (TPSA) is 90.4 Å². The van der Waals surface area contributed by atoms with Gasteiger partial charge in [0, 0.05) is 17.1 Å². The van der Waals surface area contributed by atoms with Crippen LogP contribution < -0.4 is 5.43 Å². The first kappa shape index (κ1) is 11.9. The summed E-state index contributed by atoms with van der Waals surface area (Å²) < 4.78 is 0. The first-order valence-electron chi connectivity index (χ1n) is 5.12. The predicted octanol–water partition coefficient (Wildman–Crippen LogP) is 0.570. The van der Waals surface area contributed by atoms with E-state index >= 15 is 0 Å². The number of fused-ring (bicyclic) bond motifs is 1. The fourth-order valence-corrected chi connectivity index (χ4v) is 1.60. The Hall–Kier alpha value is -2.58. The Bertz CT molecular complexity index is 734. The van der Waals surface area contributed by atoms with Crippen LogP contribution in [-0.2, 0) is 0 Å². The number of pyridine rings is 1. The van der Waals surface area contributed by atoms with Gasteiger partial charge in [-0.25, -0.2) is 4.79 Å². The number of benzene rings is 1. The van der Waals surface area contributed by atoms with Crippen LogP contribution in [0.4, 0.5) is 0 Å². The van der Waals surface area contributed by atoms with Gasteiger partial charge in [-0.1, -0.05) is 11.8 Å². The van der Waals surface area contributed by atoms with Crippen LogP contribution in [0.3, 0.4) is 0 Å². The Balaban J connectivity index is 2.65. The predicted molar refractivity (Wildman–Crippen MR) is 65.5 cm³/mol. The average molecular weight is 243 g/mol. The monoisotopic (exact) mass is 243 g/mol. The fourth-order valence-electron chi connectivity index (χ4n) is 1.60. The van der Waals surface area contributed by atoms with E-state index in [2.05, 4.69) is 16.8 Å². The zero-order valence-corrected chi connectivity index (χ0v) is 9.23. The standard InChI is InChI=1S/C13H9NO4/c15-5-1-2-8-3-4-9-11(6-8)14-7-10(12(9)16)13(17)18/h3-4,6-7,15H,5H2,(H,14,16)(H,17,18). The number of aromatic nitrogens is 1. The number of hydrogen-bond acceptors (Lipinski definition) is 3. The van der Waals surface area contributed by atoms with E-state index in [1.54, 1.807) is 12.1 Å². The van der Waals surface area contributed by atoms with Gasteiger partial charge in [0.05, 0.1) is 5.52 Å². The number of carboxylic acid groups (broad SMARTS) is 1. The lowest BCUT2D eigenvalue weighted by molar-refractivity contribution is 0.0695. The average Bonchev–Trinajstić information content (AvgIpc) is 2.36. The number of carbonyl (C=O) groups is 1. The molecule has 1 aromatic heterocycles. The largest absolute Gasteiger partial charge is 0.477 e. The number of H-pyrrole nitrogens is 1. The lowest BCUT2D eigenvalue weighted by Crippen LogP contribution is -2.15. The summed E-state index contributed by atoms with van der Waals surface area (Å²) in [5.74, 6) is 3.94. The summed E-state index contributed by atoms with van der Waals surface area (Å²) in [5.41, 5.74) is 0.319. The molecular weight excluding hydrogens is 234 g/mol. The Kier molecular flexibility index (Phi) is 3.13. The molecule has 0 spiro atoms. The van der Waals surface area contributed by atoms with Crippen LogP contribution in [0.2, 0.25) is 0 Å². The maximum Gasteiger partial charge on any atom is 0.341 e. The summed E-state index contributed by atoms with van der Waals surface area (Å²) in [5, 5.41) is 17.7. The molecular formula is C13H9NO4. The number of aromatic amines is 1. The Labute approximate surface area is 102 Å². The van der Waals surface area contributed by atoms with Gasteiger partial charge in [-0.05, 0) is 18.2 Å². The number of aliphatic hydroxyl groups is 1. The molecule has 0 aliphatic carbocycles. The van der Waals surface area contributed by atoms with Gasteiger partial charge in [0.2, 0.25) is 5.43 Å². The zero-order valence-electron chi connectivity index (χ0n) is 9.23. The summed E-state index contributed by atoms with van der Waals surface area (Å²) in [6, 6.07) is 4.75. The van der Waals surface area contributed by atoms with Gasteiger partial charge in [0.1, 0.15) is 12.2 Å². The quantitative estimate of drug-likeness (QED) is 0.639. The fraction of sp³-hybridized carbons (Fsp3) is 0.0769. The highest BCUT2D eigenvalue weighted by atomic mass is 16.4. The SMILES string of the molecule is O=C(O)c1c[nH]c2cc(C#CCO)ccc2c1=O. The van der Waals surface area contributed by atoms with Crippen LogP contribution in [0.25, 0.3) is 10.9 Å². The molecule has 0 amide bonds. The van der Waals surface area contributed by atoms with Gasteiger partial charge in [0.25, 0.3) is 0 Å². The van der Waals surface area contributed by atoms with Crippen molar-refractivity contribution in [3.8, 4) is 11.8 Å². The first-order valence-corrected chi connectivity index (χ1v) is 5.12. The van der Waals surface area contributed by atoms with Crippen LogP contribution in [0.5, 0.6) is 0 Å². The van der Waals surface area contributed by atoms with Crippen molar-refractivity contribution in [3.05, 3.63) is 45.7 Å². The third-order valence-electron chi connectivity index (χ3n) is 2.42. The number of aliphatic hydroxyl groups excluding tert-OH is 1. The third kappa shape index (κ3) is 2.10. The van der Waals surface area contributed by atoms with Gasteiger partial charge in [-0.3, -0.25) is 4.79 Å². The van der Waals surface area contributed by atoms with Gasteiger partial charge in [0.15, 0.2) is 0 Å². The zero-order chi connectivity index (χ0) is 13.1. The Morgan fingerprint density at radius 3 is 2.83 bits per heavy atom. The van der Waals surface area contributed by atoms with Crippen LogP contribution in [-0.4, -0.2) is 27.8 Å². The minimum Gasteiger partial charge on any atom is -0.477 e. The van der Waals surface area contributed by atoms with Gasteiger partial charge < -0.3 is 15.2 Å². The minimum atomic E-state index is -1.26. The van der Waals surface area contributed by atoms with Crippen molar-refractivity contribution in [3.63, 3.8) is 0 Å². The summed E-state index contributed by atoms with van der Waals surface area (Å²) in [7, 11) is 0. The van der Waals surface area contributed by atoms with E-state index in [1.807, 2.05) is 0 Å². The number of hydrogen-bond donors (Lipinski definition) is 3. The smallest absolute Gasteiger partial charge is 0.341 e. The summed E-state index contributed by atoms with van der Waals surface area (Å²) in [6.45, 7) is -0.244. The molecule has 3 N–H and O–H groups in total. The summed E-state index contributed by atoms with van der Waals surface area (Å²) in [4.78, 5) is 25.4. The highest BCUT2D eigenvalue weighted by Crippen LogP contribution is 2.10. The van der Waals surface area contributed by atoms with Crippen LogP contribution >= 0.6 is 0 Å². The lowest BCUT2D eigenvalue weighted by atomic mass is 10.1. The van der Waals surface area contributed by atoms with E-state index in [0.717, 1.165) is 6.20 Å². The second kappa shape index (κ2) is 4.73. The molecule has 0 saturated heterocycles. The number of aromatic carboxylic acids is 1. The van der Waals surface area contributed by atoms with Gasteiger partial charge in [-0.2, -0.15) is 0 Å². The Morgan fingerprint density at radius 1 is 1.39 bits per heavy atom. The third-order valence-corrected chi connectivity index (χ3v) is 2.42. The van der Waals surface area contributed by atoms with Crippen LogP contribution in [0, 0.1) is 11.8 Å². The molecule has 2 rings (SSSR count).